The Morgan fingerprint density at radius 3 is 2.42 bits per heavy atom. The van der Waals surface area contributed by atoms with E-state index in [1.54, 1.807) is 0 Å². The summed E-state index contributed by atoms with van der Waals surface area (Å²) >= 11 is 0. The first-order valence-corrected chi connectivity index (χ1v) is 8.01. The third-order valence-electron chi connectivity index (χ3n) is 4.15. The van der Waals surface area contributed by atoms with Gasteiger partial charge in [-0.2, -0.15) is 0 Å². The van der Waals surface area contributed by atoms with E-state index in [-0.39, 0.29) is 11.9 Å². The van der Waals surface area contributed by atoms with Crippen LogP contribution in [0, 0.1) is 11.8 Å². The first kappa shape index (κ1) is 16.3. The lowest BCUT2D eigenvalue weighted by Gasteiger charge is -2.24. The lowest BCUT2D eigenvalue weighted by atomic mass is 9.83. The fourth-order valence-corrected chi connectivity index (χ4v) is 2.71. The standard InChI is InChI=1S/C17H30O2/c1-3-4-5-6-7-8-9-14-19-17(18)16-12-10-15(2)11-13-16/h3,15-16H,1,4-14H2,2H3. The topological polar surface area (TPSA) is 26.3 Å². The summed E-state index contributed by atoms with van der Waals surface area (Å²) in [5.41, 5.74) is 0. The smallest absolute Gasteiger partial charge is 0.308 e. The molecule has 0 aliphatic heterocycles. The zero-order chi connectivity index (χ0) is 13.9. The van der Waals surface area contributed by atoms with Gasteiger partial charge in [-0.05, 0) is 50.9 Å². The quantitative estimate of drug-likeness (QED) is 0.338. The predicted molar refractivity (Wildman–Crippen MR) is 80.0 cm³/mol. The molecule has 1 aliphatic carbocycles. The average Bonchev–Trinajstić information content (AvgIpc) is 2.42. The van der Waals surface area contributed by atoms with Gasteiger partial charge in [0.1, 0.15) is 0 Å². The van der Waals surface area contributed by atoms with Crippen LogP contribution in [-0.4, -0.2) is 12.6 Å². The van der Waals surface area contributed by atoms with Crippen molar-refractivity contribution in [2.24, 2.45) is 11.8 Å². The number of hydrogen-bond acceptors (Lipinski definition) is 2. The van der Waals surface area contributed by atoms with Gasteiger partial charge in [0.15, 0.2) is 0 Å². The van der Waals surface area contributed by atoms with Crippen molar-refractivity contribution in [1.82, 2.24) is 0 Å². The Hall–Kier alpha value is -0.790. The van der Waals surface area contributed by atoms with Gasteiger partial charge in [-0.15, -0.1) is 6.58 Å². The van der Waals surface area contributed by atoms with Crippen LogP contribution >= 0.6 is 0 Å². The largest absolute Gasteiger partial charge is 0.465 e. The van der Waals surface area contributed by atoms with Gasteiger partial charge < -0.3 is 4.74 Å². The lowest BCUT2D eigenvalue weighted by molar-refractivity contribution is -0.150. The van der Waals surface area contributed by atoms with Gasteiger partial charge in [-0.25, -0.2) is 0 Å². The molecule has 0 aromatic heterocycles. The SMILES string of the molecule is C=CCCCCCCCOC(=O)C1CCC(C)CC1. The van der Waals surface area contributed by atoms with E-state index in [1.807, 2.05) is 6.08 Å². The van der Waals surface area contributed by atoms with Crippen LogP contribution in [0.1, 0.15) is 71.1 Å². The Balaban J connectivity index is 1.94. The van der Waals surface area contributed by atoms with E-state index < -0.39 is 0 Å². The minimum absolute atomic E-state index is 0.0542. The van der Waals surface area contributed by atoms with Crippen LogP contribution in [0.5, 0.6) is 0 Å². The van der Waals surface area contributed by atoms with Crippen LogP contribution < -0.4 is 0 Å². The molecule has 0 atom stereocenters. The molecule has 0 spiro atoms. The molecule has 0 N–H and O–H groups in total. The van der Waals surface area contributed by atoms with Crippen LogP contribution in [0.2, 0.25) is 0 Å². The van der Waals surface area contributed by atoms with Crippen molar-refractivity contribution in [3.8, 4) is 0 Å². The second kappa shape index (κ2) is 10.1. The zero-order valence-electron chi connectivity index (χ0n) is 12.5. The first-order valence-electron chi connectivity index (χ1n) is 8.01. The molecule has 110 valence electrons. The molecule has 2 nitrogen and oxygen atoms in total. The molecule has 19 heavy (non-hydrogen) atoms. The molecule has 0 saturated heterocycles. The predicted octanol–water partition coefficient (Wildman–Crippen LogP) is 4.88. The summed E-state index contributed by atoms with van der Waals surface area (Å²) in [4.78, 5) is 11.8. The summed E-state index contributed by atoms with van der Waals surface area (Å²) in [5, 5.41) is 0. The first-order chi connectivity index (χ1) is 9.24. The molecule has 2 heteroatoms. The molecule has 1 fully saturated rings. The van der Waals surface area contributed by atoms with Crippen molar-refractivity contribution in [3.05, 3.63) is 12.7 Å². The number of esters is 1. The molecule has 1 saturated carbocycles. The monoisotopic (exact) mass is 266 g/mol. The van der Waals surface area contributed by atoms with Crippen molar-refractivity contribution in [1.29, 1.82) is 0 Å². The Labute approximate surface area is 118 Å². The highest BCUT2D eigenvalue weighted by atomic mass is 16.5. The van der Waals surface area contributed by atoms with Crippen molar-refractivity contribution < 1.29 is 9.53 Å². The number of allylic oxidation sites excluding steroid dienone is 1. The van der Waals surface area contributed by atoms with Crippen molar-refractivity contribution >= 4 is 5.97 Å². The molecular formula is C17H30O2. The number of carbonyl (C=O) groups is 1. The van der Waals surface area contributed by atoms with Crippen LogP contribution in [0.15, 0.2) is 12.7 Å². The molecule has 0 aromatic rings. The summed E-state index contributed by atoms with van der Waals surface area (Å²) in [6.45, 7) is 6.61. The van der Waals surface area contributed by atoms with Crippen molar-refractivity contribution in [3.63, 3.8) is 0 Å². The van der Waals surface area contributed by atoms with E-state index >= 15 is 0 Å². The maximum absolute atomic E-state index is 11.8. The van der Waals surface area contributed by atoms with Gasteiger partial charge in [0.2, 0.25) is 0 Å². The third kappa shape index (κ3) is 7.39. The average molecular weight is 266 g/mol. The number of ether oxygens (including phenoxy) is 1. The van der Waals surface area contributed by atoms with Gasteiger partial charge in [0.05, 0.1) is 12.5 Å². The number of unbranched alkanes of at least 4 members (excludes halogenated alkanes) is 5. The van der Waals surface area contributed by atoms with E-state index in [2.05, 4.69) is 13.5 Å². The molecule has 0 amide bonds. The molecule has 0 heterocycles. The molecule has 0 bridgehead atoms. The highest BCUT2D eigenvalue weighted by molar-refractivity contribution is 5.72. The van der Waals surface area contributed by atoms with Crippen LogP contribution in [0.3, 0.4) is 0 Å². The Kier molecular flexibility index (Phi) is 8.61. The Bertz CT molecular complexity index is 252. The number of hydrogen-bond donors (Lipinski definition) is 0. The normalized spacial score (nSPS) is 23.0. The fourth-order valence-electron chi connectivity index (χ4n) is 2.71. The van der Waals surface area contributed by atoms with Crippen LogP contribution in [-0.2, 0) is 9.53 Å². The second-order valence-corrected chi connectivity index (χ2v) is 5.97. The molecule has 0 aromatic carbocycles. The third-order valence-corrected chi connectivity index (χ3v) is 4.15. The van der Waals surface area contributed by atoms with E-state index in [4.69, 9.17) is 4.74 Å². The molecule has 0 unspecified atom stereocenters. The zero-order valence-corrected chi connectivity index (χ0v) is 12.5. The van der Waals surface area contributed by atoms with E-state index in [0.717, 1.165) is 31.6 Å². The molecule has 1 rings (SSSR count). The summed E-state index contributed by atoms with van der Waals surface area (Å²) < 4.78 is 5.39. The summed E-state index contributed by atoms with van der Waals surface area (Å²) in [7, 11) is 0. The lowest BCUT2D eigenvalue weighted by Crippen LogP contribution is -2.23. The van der Waals surface area contributed by atoms with Crippen molar-refractivity contribution in [2.75, 3.05) is 6.61 Å². The Morgan fingerprint density at radius 2 is 1.74 bits per heavy atom. The maximum atomic E-state index is 11.8. The van der Waals surface area contributed by atoms with Gasteiger partial charge in [0.25, 0.3) is 0 Å². The molecule has 0 radical (unpaired) electrons. The number of rotatable bonds is 9. The summed E-state index contributed by atoms with van der Waals surface area (Å²) in [5.74, 6) is 1.03. The highest BCUT2D eigenvalue weighted by Crippen LogP contribution is 2.29. The molecule has 1 aliphatic rings. The fraction of sp³-hybridized carbons (Fsp3) is 0.824. The van der Waals surface area contributed by atoms with Gasteiger partial charge in [-0.1, -0.05) is 32.3 Å². The van der Waals surface area contributed by atoms with Crippen LogP contribution in [0.4, 0.5) is 0 Å². The van der Waals surface area contributed by atoms with E-state index in [9.17, 15) is 4.79 Å². The minimum Gasteiger partial charge on any atom is -0.465 e. The van der Waals surface area contributed by atoms with Gasteiger partial charge in [-0.3, -0.25) is 4.79 Å². The minimum atomic E-state index is 0.0542. The maximum Gasteiger partial charge on any atom is 0.308 e. The van der Waals surface area contributed by atoms with Crippen LogP contribution in [0.25, 0.3) is 0 Å². The molecular weight excluding hydrogens is 236 g/mol. The van der Waals surface area contributed by atoms with Gasteiger partial charge >= 0.3 is 5.97 Å². The van der Waals surface area contributed by atoms with E-state index in [0.29, 0.717) is 6.61 Å². The van der Waals surface area contributed by atoms with E-state index in [1.165, 1.54) is 38.5 Å². The van der Waals surface area contributed by atoms with Crippen molar-refractivity contribution in [2.45, 2.75) is 71.1 Å². The number of carbonyl (C=O) groups excluding carboxylic acids is 1. The summed E-state index contributed by atoms with van der Waals surface area (Å²) in [6.07, 6.45) is 13.5. The van der Waals surface area contributed by atoms with Gasteiger partial charge in [0, 0.05) is 0 Å². The second-order valence-electron chi connectivity index (χ2n) is 5.97. The highest BCUT2D eigenvalue weighted by Gasteiger charge is 2.25. The Morgan fingerprint density at radius 1 is 1.11 bits per heavy atom. The summed E-state index contributed by atoms with van der Waals surface area (Å²) in [6, 6.07) is 0.